The summed E-state index contributed by atoms with van der Waals surface area (Å²) in [7, 11) is 0. The first kappa shape index (κ1) is 14.2. The maximum absolute atomic E-state index is 13.2. The van der Waals surface area contributed by atoms with Crippen LogP contribution in [0.15, 0.2) is 47.1 Å². The Hall–Kier alpha value is -1.26. The van der Waals surface area contributed by atoms with E-state index >= 15 is 0 Å². The lowest BCUT2D eigenvalue weighted by atomic mass is 10.2. The fourth-order valence-electron chi connectivity index (χ4n) is 1.90. The highest BCUT2D eigenvalue weighted by Gasteiger charge is 2.07. The van der Waals surface area contributed by atoms with E-state index in [9.17, 15) is 4.39 Å². The minimum Gasteiger partial charge on any atom is -0.294 e. The van der Waals surface area contributed by atoms with Gasteiger partial charge in [0.15, 0.2) is 0 Å². The van der Waals surface area contributed by atoms with Crippen molar-refractivity contribution in [3.05, 3.63) is 64.1 Å². The van der Waals surface area contributed by atoms with E-state index in [1.165, 1.54) is 6.07 Å². The highest BCUT2D eigenvalue weighted by Crippen LogP contribution is 2.18. The Morgan fingerprint density at radius 2 is 2.05 bits per heavy atom. The molecule has 1 aromatic heterocycles. The average molecular weight is 323 g/mol. The van der Waals surface area contributed by atoms with Crippen LogP contribution in [0.2, 0.25) is 0 Å². The predicted octanol–water partition coefficient (Wildman–Crippen LogP) is 4.01. The second kappa shape index (κ2) is 6.78. The largest absolute Gasteiger partial charge is 0.294 e. The van der Waals surface area contributed by atoms with Crippen LogP contribution in [0, 0.1) is 5.82 Å². The van der Waals surface area contributed by atoms with Gasteiger partial charge in [0, 0.05) is 19.3 Å². The highest BCUT2D eigenvalue weighted by molar-refractivity contribution is 9.10. The van der Waals surface area contributed by atoms with Crippen LogP contribution in [0.4, 0.5) is 4.39 Å². The van der Waals surface area contributed by atoms with E-state index in [1.54, 1.807) is 6.20 Å². The van der Waals surface area contributed by atoms with Crippen LogP contribution in [0.1, 0.15) is 18.2 Å². The summed E-state index contributed by atoms with van der Waals surface area (Å²) < 4.78 is 13.7. The summed E-state index contributed by atoms with van der Waals surface area (Å²) in [5.41, 5.74) is 2.14. The molecule has 0 unspecified atom stereocenters. The third kappa shape index (κ3) is 4.11. The van der Waals surface area contributed by atoms with Gasteiger partial charge in [0.2, 0.25) is 0 Å². The highest BCUT2D eigenvalue weighted by atomic mass is 79.9. The number of pyridine rings is 1. The van der Waals surface area contributed by atoms with Crippen LogP contribution in [0.5, 0.6) is 0 Å². The normalized spacial score (nSPS) is 10.9. The smallest absolute Gasteiger partial charge is 0.137 e. The molecule has 0 aliphatic rings. The Morgan fingerprint density at radius 1 is 1.21 bits per heavy atom. The minimum absolute atomic E-state index is 0.225. The van der Waals surface area contributed by atoms with E-state index in [2.05, 4.69) is 32.7 Å². The summed E-state index contributed by atoms with van der Waals surface area (Å²) in [5, 5.41) is 0. The summed E-state index contributed by atoms with van der Waals surface area (Å²) in [6.07, 6.45) is 1.80. The van der Waals surface area contributed by atoms with E-state index in [0.717, 1.165) is 30.9 Å². The number of aromatic nitrogens is 1. The van der Waals surface area contributed by atoms with Crippen molar-refractivity contribution in [3.8, 4) is 0 Å². The molecule has 19 heavy (non-hydrogen) atoms. The van der Waals surface area contributed by atoms with Crippen molar-refractivity contribution in [2.75, 3.05) is 6.54 Å². The van der Waals surface area contributed by atoms with Crippen LogP contribution >= 0.6 is 15.9 Å². The predicted molar refractivity (Wildman–Crippen MR) is 78.1 cm³/mol. The molecule has 2 rings (SSSR count). The lowest BCUT2D eigenvalue weighted by molar-refractivity contribution is 0.268. The molecule has 0 radical (unpaired) electrons. The molecule has 0 saturated carbocycles. The SMILES string of the molecule is CCN(Cc1ccc(F)c(Br)c1)Cc1ccccn1. The fraction of sp³-hybridized carbons (Fsp3) is 0.267. The molecule has 0 aliphatic carbocycles. The molecular formula is C15H16BrFN2. The summed E-state index contributed by atoms with van der Waals surface area (Å²) in [5.74, 6) is -0.225. The van der Waals surface area contributed by atoms with Gasteiger partial charge < -0.3 is 0 Å². The monoisotopic (exact) mass is 322 g/mol. The van der Waals surface area contributed by atoms with E-state index in [4.69, 9.17) is 0 Å². The lowest BCUT2D eigenvalue weighted by Crippen LogP contribution is -2.22. The number of rotatable bonds is 5. The summed E-state index contributed by atoms with van der Waals surface area (Å²) in [6, 6.07) is 11.1. The molecule has 0 aliphatic heterocycles. The standard InChI is InChI=1S/C15H16BrFN2/c1-2-19(11-13-5-3-4-8-18-13)10-12-6-7-15(17)14(16)9-12/h3-9H,2,10-11H2,1H3. The molecule has 100 valence electrons. The van der Waals surface area contributed by atoms with E-state index in [-0.39, 0.29) is 5.82 Å². The van der Waals surface area contributed by atoms with Crippen molar-refractivity contribution in [2.24, 2.45) is 0 Å². The molecule has 0 bridgehead atoms. The molecular weight excluding hydrogens is 307 g/mol. The Bertz CT molecular complexity index is 531. The van der Waals surface area contributed by atoms with Gasteiger partial charge in [-0.15, -0.1) is 0 Å². The summed E-state index contributed by atoms with van der Waals surface area (Å²) >= 11 is 3.22. The zero-order valence-corrected chi connectivity index (χ0v) is 12.4. The second-order valence-corrected chi connectivity index (χ2v) is 5.23. The third-order valence-electron chi connectivity index (χ3n) is 2.95. The van der Waals surface area contributed by atoms with E-state index in [0.29, 0.717) is 4.47 Å². The molecule has 0 saturated heterocycles. The molecule has 1 aromatic carbocycles. The number of benzene rings is 1. The Balaban J connectivity index is 2.04. The minimum atomic E-state index is -0.225. The molecule has 0 fully saturated rings. The Morgan fingerprint density at radius 3 is 2.68 bits per heavy atom. The number of halogens is 2. The summed E-state index contributed by atoms with van der Waals surface area (Å²) in [4.78, 5) is 6.59. The van der Waals surface area contributed by atoms with Gasteiger partial charge in [0.25, 0.3) is 0 Å². The zero-order valence-electron chi connectivity index (χ0n) is 10.8. The Kier molecular flexibility index (Phi) is 5.05. The third-order valence-corrected chi connectivity index (χ3v) is 3.56. The topological polar surface area (TPSA) is 16.1 Å². The molecule has 4 heteroatoms. The quantitative estimate of drug-likeness (QED) is 0.827. The number of nitrogens with zero attached hydrogens (tertiary/aromatic N) is 2. The van der Waals surface area contributed by atoms with Gasteiger partial charge in [-0.1, -0.05) is 19.1 Å². The van der Waals surface area contributed by atoms with Crippen molar-refractivity contribution in [1.82, 2.24) is 9.88 Å². The van der Waals surface area contributed by atoms with Gasteiger partial charge in [-0.25, -0.2) is 4.39 Å². The van der Waals surface area contributed by atoms with Crippen LogP contribution in [-0.2, 0) is 13.1 Å². The van der Waals surface area contributed by atoms with Gasteiger partial charge in [-0.3, -0.25) is 9.88 Å². The van der Waals surface area contributed by atoms with Crippen LogP contribution < -0.4 is 0 Å². The van der Waals surface area contributed by atoms with E-state index < -0.39 is 0 Å². The maximum atomic E-state index is 13.2. The fourth-order valence-corrected chi connectivity index (χ4v) is 2.32. The maximum Gasteiger partial charge on any atom is 0.137 e. The van der Waals surface area contributed by atoms with Crippen molar-refractivity contribution in [1.29, 1.82) is 0 Å². The lowest BCUT2D eigenvalue weighted by Gasteiger charge is -2.20. The molecule has 0 spiro atoms. The van der Waals surface area contributed by atoms with Crippen molar-refractivity contribution in [3.63, 3.8) is 0 Å². The van der Waals surface area contributed by atoms with Gasteiger partial charge in [-0.05, 0) is 52.3 Å². The van der Waals surface area contributed by atoms with E-state index in [1.807, 2.05) is 30.3 Å². The van der Waals surface area contributed by atoms with Gasteiger partial charge in [-0.2, -0.15) is 0 Å². The molecule has 1 heterocycles. The average Bonchev–Trinajstić information content (AvgIpc) is 2.43. The van der Waals surface area contributed by atoms with Gasteiger partial charge >= 0.3 is 0 Å². The Labute approximate surface area is 121 Å². The van der Waals surface area contributed by atoms with Gasteiger partial charge in [0.1, 0.15) is 5.82 Å². The molecule has 0 atom stereocenters. The van der Waals surface area contributed by atoms with Crippen molar-refractivity contribution in [2.45, 2.75) is 20.0 Å². The van der Waals surface area contributed by atoms with Crippen LogP contribution in [0.25, 0.3) is 0 Å². The van der Waals surface area contributed by atoms with Crippen LogP contribution in [0.3, 0.4) is 0 Å². The first-order valence-corrected chi connectivity index (χ1v) is 7.04. The molecule has 0 amide bonds. The molecule has 0 N–H and O–H groups in total. The number of hydrogen-bond donors (Lipinski definition) is 0. The molecule has 2 aromatic rings. The zero-order chi connectivity index (χ0) is 13.7. The summed E-state index contributed by atoms with van der Waals surface area (Å²) in [6.45, 7) is 4.62. The second-order valence-electron chi connectivity index (χ2n) is 4.37. The molecule has 2 nitrogen and oxygen atoms in total. The number of hydrogen-bond acceptors (Lipinski definition) is 2. The van der Waals surface area contributed by atoms with Crippen molar-refractivity contribution < 1.29 is 4.39 Å². The van der Waals surface area contributed by atoms with Crippen molar-refractivity contribution >= 4 is 15.9 Å². The first-order valence-electron chi connectivity index (χ1n) is 6.25. The van der Waals surface area contributed by atoms with Gasteiger partial charge in [0.05, 0.1) is 10.2 Å². The first-order chi connectivity index (χ1) is 9.19. The van der Waals surface area contributed by atoms with Crippen LogP contribution in [-0.4, -0.2) is 16.4 Å².